The van der Waals surface area contributed by atoms with Gasteiger partial charge >= 0.3 is 0 Å². The Morgan fingerprint density at radius 2 is 1.77 bits per heavy atom. The van der Waals surface area contributed by atoms with Gasteiger partial charge in [0.25, 0.3) is 5.91 Å². The third kappa shape index (κ3) is 3.59. The lowest BCUT2D eigenvalue weighted by Gasteiger charge is -2.22. The number of carbonyl (C=O) groups excluding carboxylic acids is 1. The molecule has 3 aromatic rings. The molecule has 1 amide bonds. The quantitative estimate of drug-likeness (QED) is 0.639. The molecule has 0 saturated carbocycles. The van der Waals surface area contributed by atoms with Crippen LogP contribution in [0.1, 0.15) is 28.3 Å². The molecule has 30 heavy (non-hydrogen) atoms. The van der Waals surface area contributed by atoms with Crippen LogP contribution >= 0.6 is 0 Å². The van der Waals surface area contributed by atoms with Gasteiger partial charge in [-0.15, -0.1) is 0 Å². The number of nitrogens with zero attached hydrogens (tertiary/aromatic N) is 5. The average Bonchev–Trinajstić information content (AvgIpc) is 2.91. The number of hydrogen-bond donors (Lipinski definition) is 0. The topological polar surface area (TPSA) is 88.4 Å². The summed E-state index contributed by atoms with van der Waals surface area (Å²) in [6.45, 7) is 4.89. The number of aryl methyl sites for hydroxylation is 2. The molecule has 158 valence electrons. The summed E-state index contributed by atoms with van der Waals surface area (Å²) in [5.74, 6) is -0.172. The van der Waals surface area contributed by atoms with E-state index in [-0.39, 0.29) is 17.3 Å². The van der Waals surface area contributed by atoms with Crippen LogP contribution in [-0.4, -0.2) is 64.5 Å². The largest absolute Gasteiger partial charge is 0.336 e. The number of para-hydroxylation sites is 1. The van der Waals surface area contributed by atoms with E-state index >= 15 is 0 Å². The van der Waals surface area contributed by atoms with Crippen molar-refractivity contribution in [2.75, 3.05) is 26.2 Å². The summed E-state index contributed by atoms with van der Waals surface area (Å²) in [4.78, 5) is 19.5. The maximum Gasteiger partial charge on any atom is 0.272 e. The van der Waals surface area contributed by atoms with Gasteiger partial charge in [-0.1, -0.05) is 24.3 Å². The molecule has 4 rings (SSSR count). The zero-order valence-electron chi connectivity index (χ0n) is 17.4. The van der Waals surface area contributed by atoms with Crippen LogP contribution in [-0.2, 0) is 17.1 Å². The van der Waals surface area contributed by atoms with E-state index in [0.29, 0.717) is 43.1 Å². The zero-order valence-corrected chi connectivity index (χ0v) is 18.2. The van der Waals surface area contributed by atoms with E-state index in [2.05, 4.69) is 10.1 Å². The third-order valence-electron chi connectivity index (χ3n) is 5.60. The molecule has 1 aromatic carbocycles. The van der Waals surface area contributed by atoms with Crippen molar-refractivity contribution < 1.29 is 13.2 Å². The molecule has 0 radical (unpaired) electrons. The Labute approximate surface area is 176 Å². The lowest BCUT2D eigenvalue weighted by molar-refractivity contribution is 0.0759. The van der Waals surface area contributed by atoms with Crippen molar-refractivity contribution >= 4 is 26.8 Å². The summed E-state index contributed by atoms with van der Waals surface area (Å²) >= 11 is 0. The molecular formula is C21H25N5O3S. The van der Waals surface area contributed by atoms with Crippen molar-refractivity contribution in [1.29, 1.82) is 0 Å². The highest BCUT2D eigenvalue weighted by atomic mass is 32.2. The third-order valence-corrected chi connectivity index (χ3v) is 7.75. The summed E-state index contributed by atoms with van der Waals surface area (Å²) in [7, 11) is -1.94. The fourth-order valence-electron chi connectivity index (χ4n) is 3.94. The highest BCUT2D eigenvalue weighted by Gasteiger charge is 2.32. The maximum atomic E-state index is 13.2. The monoisotopic (exact) mass is 427 g/mol. The van der Waals surface area contributed by atoms with Gasteiger partial charge in [0.15, 0.2) is 0 Å². The molecule has 0 unspecified atom stereocenters. The fraction of sp³-hybridized carbons (Fsp3) is 0.381. The van der Waals surface area contributed by atoms with Crippen LogP contribution in [0.4, 0.5) is 0 Å². The van der Waals surface area contributed by atoms with E-state index in [1.54, 1.807) is 36.5 Å². The molecule has 1 aliphatic heterocycles. The molecule has 1 fully saturated rings. The average molecular weight is 428 g/mol. The Hall–Kier alpha value is -2.78. The minimum atomic E-state index is -3.67. The molecule has 9 heteroatoms. The molecule has 1 aliphatic rings. The Bertz CT molecular complexity index is 1220. The van der Waals surface area contributed by atoms with Crippen LogP contribution in [0.25, 0.3) is 10.9 Å². The van der Waals surface area contributed by atoms with Crippen molar-refractivity contribution in [3.63, 3.8) is 0 Å². The van der Waals surface area contributed by atoms with E-state index in [4.69, 9.17) is 0 Å². The van der Waals surface area contributed by atoms with Gasteiger partial charge in [0.05, 0.1) is 16.9 Å². The van der Waals surface area contributed by atoms with E-state index < -0.39 is 10.0 Å². The van der Waals surface area contributed by atoms with Crippen molar-refractivity contribution in [2.24, 2.45) is 7.05 Å². The van der Waals surface area contributed by atoms with Gasteiger partial charge in [-0.2, -0.15) is 9.40 Å². The molecule has 0 bridgehead atoms. The summed E-state index contributed by atoms with van der Waals surface area (Å²) in [6, 6.07) is 11.3. The van der Waals surface area contributed by atoms with Gasteiger partial charge in [-0.3, -0.25) is 9.48 Å². The first-order valence-corrected chi connectivity index (χ1v) is 11.4. The highest BCUT2D eigenvalue weighted by molar-refractivity contribution is 7.89. The molecule has 8 nitrogen and oxygen atoms in total. The van der Waals surface area contributed by atoms with Gasteiger partial charge in [-0.05, 0) is 32.4 Å². The molecule has 1 saturated heterocycles. The van der Waals surface area contributed by atoms with Crippen LogP contribution in [0.3, 0.4) is 0 Å². The van der Waals surface area contributed by atoms with Crippen LogP contribution in [0.2, 0.25) is 0 Å². The Kier molecular flexibility index (Phi) is 5.33. The van der Waals surface area contributed by atoms with Crippen LogP contribution in [0, 0.1) is 13.8 Å². The zero-order chi connectivity index (χ0) is 21.5. The normalized spacial score (nSPS) is 16.0. The standard InChI is InChI=1S/C21H25N5O3S/c1-15-20(16(2)24(3)23-15)30(28,29)26-12-6-11-25(13-14-26)21(27)19-10-9-17-7-4-5-8-18(17)22-19/h4-5,7-10H,6,11-14H2,1-3H3. The second kappa shape index (κ2) is 7.81. The molecular weight excluding hydrogens is 402 g/mol. The molecule has 0 N–H and O–H groups in total. The van der Waals surface area contributed by atoms with Gasteiger partial charge in [0, 0.05) is 38.6 Å². The number of aromatic nitrogens is 3. The first-order chi connectivity index (χ1) is 14.3. The van der Waals surface area contributed by atoms with E-state index in [0.717, 1.165) is 10.9 Å². The summed E-state index contributed by atoms with van der Waals surface area (Å²) in [5.41, 5.74) is 2.26. The number of amides is 1. The maximum absolute atomic E-state index is 13.2. The second-order valence-corrected chi connectivity index (χ2v) is 9.44. The van der Waals surface area contributed by atoms with Crippen molar-refractivity contribution in [3.8, 4) is 0 Å². The van der Waals surface area contributed by atoms with Gasteiger partial charge in [0.1, 0.15) is 10.6 Å². The summed E-state index contributed by atoms with van der Waals surface area (Å²) in [5, 5.41) is 5.22. The number of pyridine rings is 1. The summed E-state index contributed by atoms with van der Waals surface area (Å²) < 4.78 is 29.5. The number of sulfonamides is 1. The highest BCUT2D eigenvalue weighted by Crippen LogP contribution is 2.24. The lowest BCUT2D eigenvalue weighted by Crippen LogP contribution is -2.37. The van der Waals surface area contributed by atoms with Gasteiger partial charge < -0.3 is 4.90 Å². The minimum Gasteiger partial charge on any atom is -0.336 e. The SMILES string of the molecule is Cc1nn(C)c(C)c1S(=O)(=O)N1CCCN(C(=O)c2ccc3ccccc3n2)CC1. The number of rotatable bonds is 3. The molecule has 0 spiro atoms. The number of fused-ring (bicyclic) bond motifs is 1. The molecule has 0 aliphatic carbocycles. The Morgan fingerprint density at radius 1 is 1.00 bits per heavy atom. The number of carbonyl (C=O) groups is 1. The number of benzene rings is 1. The number of hydrogen-bond acceptors (Lipinski definition) is 5. The molecule has 3 heterocycles. The first-order valence-electron chi connectivity index (χ1n) is 9.94. The van der Waals surface area contributed by atoms with E-state index in [9.17, 15) is 13.2 Å². The Morgan fingerprint density at radius 3 is 2.50 bits per heavy atom. The van der Waals surface area contributed by atoms with E-state index in [1.165, 1.54) is 4.31 Å². The molecule has 0 atom stereocenters. The predicted molar refractivity (Wildman–Crippen MR) is 114 cm³/mol. The lowest BCUT2D eigenvalue weighted by atomic mass is 10.2. The van der Waals surface area contributed by atoms with Crippen LogP contribution in [0.5, 0.6) is 0 Å². The second-order valence-electron chi connectivity index (χ2n) is 7.56. The predicted octanol–water partition coefficient (Wildman–Crippen LogP) is 2.12. The van der Waals surface area contributed by atoms with Crippen molar-refractivity contribution in [1.82, 2.24) is 24.0 Å². The van der Waals surface area contributed by atoms with Gasteiger partial charge in [0.2, 0.25) is 10.0 Å². The minimum absolute atomic E-state index is 0.172. The smallest absolute Gasteiger partial charge is 0.272 e. The first kappa shape index (κ1) is 20.5. The summed E-state index contributed by atoms with van der Waals surface area (Å²) in [6.07, 6.45) is 0.566. The van der Waals surface area contributed by atoms with Crippen LogP contribution in [0.15, 0.2) is 41.3 Å². The van der Waals surface area contributed by atoms with Crippen molar-refractivity contribution in [2.45, 2.75) is 25.2 Å². The van der Waals surface area contributed by atoms with Crippen LogP contribution < -0.4 is 0 Å². The fourth-order valence-corrected chi connectivity index (χ4v) is 5.81. The Balaban J connectivity index is 1.54. The molecule has 2 aromatic heterocycles. The van der Waals surface area contributed by atoms with Crippen molar-refractivity contribution in [3.05, 3.63) is 53.5 Å². The van der Waals surface area contributed by atoms with Gasteiger partial charge in [-0.25, -0.2) is 13.4 Å². The van der Waals surface area contributed by atoms with E-state index in [1.807, 2.05) is 30.3 Å².